The minimum Gasteiger partial charge on any atom is -0.0591 e. The van der Waals surface area contributed by atoms with Crippen LogP contribution in [0.3, 0.4) is 0 Å². The van der Waals surface area contributed by atoms with Gasteiger partial charge in [0.05, 0.1) is 0 Å². The fourth-order valence-electron chi connectivity index (χ4n) is 3.55. The van der Waals surface area contributed by atoms with E-state index in [1.54, 1.807) is 0 Å². The van der Waals surface area contributed by atoms with Gasteiger partial charge in [0.2, 0.25) is 0 Å². The summed E-state index contributed by atoms with van der Waals surface area (Å²) in [7, 11) is 0. The van der Waals surface area contributed by atoms with Crippen molar-refractivity contribution in [2.75, 3.05) is 0 Å². The topological polar surface area (TPSA) is 0 Å². The van der Waals surface area contributed by atoms with E-state index in [9.17, 15) is 0 Å². The van der Waals surface area contributed by atoms with E-state index in [-0.39, 0.29) is 0 Å². The molecule has 2 aliphatic carbocycles. The average Bonchev–Trinajstić information content (AvgIpc) is 2.13. The van der Waals surface area contributed by atoms with Gasteiger partial charge >= 0.3 is 0 Å². The molecule has 0 N–H and O–H groups in total. The highest BCUT2D eigenvalue weighted by molar-refractivity contribution is 5.04. The van der Waals surface area contributed by atoms with E-state index < -0.39 is 0 Å². The highest BCUT2D eigenvalue weighted by Crippen LogP contribution is 2.63. The van der Waals surface area contributed by atoms with Gasteiger partial charge in [0.15, 0.2) is 0 Å². The Morgan fingerprint density at radius 3 is 1.58 bits per heavy atom. The van der Waals surface area contributed by atoms with Crippen LogP contribution in [0.1, 0.15) is 53.4 Å². The zero-order valence-electron chi connectivity index (χ0n) is 8.98. The summed E-state index contributed by atoms with van der Waals surface area (Å²) >= 11 is 0. The SMILES string of the molecule is CC1(C)C2CCCC(C2)C1(C)C. The quantitative estimate of drug-likeness (QED) is 0.512. The van der Waals surface area contributed by atoms with Crippen LogP contribution in [-0.4, -0.2) is 0 Å². The molecule has 0 aromatic rings. The van der Waals surface area contributed by atoms with Crippen LogP contribution in [0, 0.1) is 22.7 Å². The zero-order chi connectivity index (χ0) is 8.98. The lowest BCUT2D eigenvalue weighted by atomic mass is 9.65. The van der Waals surface area contributed by atoms with Gasteiger partial charge in [-0.2, -0.15) is 0 Å². The minimum atomic E-state index is 0.591. The van der Waals surface area contributed by atoms with Crippen LogP contribution >= 0.6 is 0 Å². The van der Waals surface area contributed by atoms with Gasteiger partial charge in [0, 0.05) is 0 Å². The summed E-state index contributed by atoms with van der Waals surface area (Å²) in [6, 6.07) is 0. The Labute approximate surface area is 76.7 Å². The van der Waals surface area contributed by atoms with Crippen molar-refractivity contribution in [3.63, 3.8) is 0 Å². The van der Waals surface area contributed by atoms with Crippen LogP contribution in [0.4, 0.5) is 0 Å². The van der Waals surface area contributed by atoms with E-state index in [1.165, 1.54) is 25.7 Å². The molecule has 0 heteroatoms. The van der Waals surface area contributed by atoms with Crippen LogP contribution in [0.25, 0.3) is 0 Å². The predicted molar refractivity (Wildman–Crippen MR) is 53.0 cm³/mol. The summed E-state index contributed by atoms with van der Waals surface area (Å²) < 4.78 is 0. The van der Waals surface area contributed by atoms with Gasteiger partial charge in [-0.3, -0.25) is 0 Å². The summed E-state index contributed by atoms with van der Waals surface area (Å²) in [4.78, 5) is 0. The van der Waals surface area contributed by atoms with Crippen LogP contribution in [0.2, 0.25) is 0 Å². The highest BCUT2D eigenvalue weighted by Gasteiger charge is 2.55. The minimum absolute atomic E-state index is 0.591. The maximum absolute atomic E-state index is 2.49. The first-order chi connectivity index (χ1) is 5.46. The van der Waals surface area contributed by atoms with Crippen LogP contribution < -0.4 is 0 Å². The number of hydrogen-bond donors (Lipinski definition) is 0. The first kappa shape index (κ1) is 8.59. The lowest BCUT2D eigenvalue weighted by Gasteiger charge is -2.40. The molecule has 70 valence electrons. The third-order valence-corrected chi connectivity index (χ3v) is 5.38. The molecular formula is C12H22. The molecule has 0 nitrogen and oxygen atoms in total. The fraction of sp³-hybridized carbons (Fsp3) is 1.00. The van der Waals surface area contributed by atoms with E-state index in [0.29, 0.717) is 10.8 Å². The Kier molecular flexibility index (Phi) is 1.63. The summed E-state index contributed by atoms with van der Waals surface area (Å²) in [5.41, 5.74) is 1.18. The summed E-state index contributed by atoms with van der Waals surface area (Å²) in [6.07, 6.45) is 5.99. The molecule has 2 bridgehead atoms. The third-order valence-electron chi connectivity index (χ3n) is 5.38. The molecule has 2 unspecified atom stereocenters. The van der Waals surface area contributed by atoms with Crippen molar-refractivity contribution in [1.82, 2.24) is 0 Å². The molecule has 0 aromatic heterocycles. The molecule has 0 aliphatic heterocycles. The van der Waals surface area contributed by atoms with Crippen molar-refractivity contribution in [3.05, 3.63) is 0 Å². The van der Waals surface area contributed by atoms with Gasteiger partial charge < -0.3 is 0 Å². The maximum Gasteiger partial charge on any atom is -0.0272 e. The molecule has 0 radical (unpaired) electrons. The first-order valence-electron chi connectivity index (χ1n) is 5.46. The molecule has 0 spiro atoms. The van der Waals surface area contributed by atoms with E-state index in [1.807, 2.05) is 0 Å². The van der Waals surface area contributed by atoms with Crippen molar-refractivity contribution in [1.29, 1.82) is 0 Å². The second-order valence-corrected chi connectivity index (χ2v) is 6.00. The van der Waals surface area contributed by atoms with Crippen molar-refractivity contribution in [3.8, 4) is 0 Å². The van der Waals surface area contributed by atoms with Gasteiger partial charge in [0.1, 0.15) is 0 Å². The number of hydrogen-bond acceptors (Lipinski definition) is 0. The van der Waals surface area contributed by atoms with E-state index >= 15 is 0 Å². The number of rotatable bonds is 0. The molecule has 2 saturated carbocycles. The first-order valence-corrected chi connectivity index (χ1v) is 5.46. The normalized spacial score (nSPS) is 43.0. The Bertz CT molecular complexity index is 168. The predicted octanol–water partition coefficient (Wildman–Crippen LogP) is 3.86. The summed E-state index contributed by atoms with van der Waals surface area (Å²) in [6.45, 7) is 9.96. The molecular weight excluding hydrogens is 144 g/mol. The van der Waals surface area contributed by atoms with Gasteiger partial charge in [-0.25, -0.2) is 0 Å². The molecule has 2 rings (SSSR count). The lowest BCUT2D eigenvalue weighted by molar-refractivity contribution is 0.0887. The second kappa shape index (κ2) is 2.27. The van der Waals surface area contributed by atoms with Crippen molar-refractivity contribution in [2.45, 2.75) is 53.4 Å². The molecule has 12 heavy (non-hydrogen) atoms. The number of fused-ring (bicyclic) bond motifs is 2. The standard InChI is InChI=1S/C12H22/c1-11(2)9-6-5-7-10(8-9)12(11,3)4/h9-10H,5-8H2,1-4H3. The Hall–Kier alpha value is 0. The van der Waals surface area contributed by atoms with E-state index in [2.05, 4.69) is 27.7 Å². The van der Waals surface area contributed by atoms with Gasteiger partial charge in [-0.15, -0.1) is 0 Å². The van der Waals surface area contributed by atoms with Gasteiger partial charge in [-0.05, 0) is 41.9 Å². The summed E-state index contributed by atoms with van der Waals surface area (Å²) in [5, 5.41) is 0. The molecule has 0 heterocycles. The molecule has 2 atom stereocenters. The second-order valence-electron chi connectivity index (χ2n) is 6.00. The molecule has 0 aromatic carbocycles. The van der Waals surface area contributed by atoms with Crippen molar-refractivity contribution >= 4 is 0 Å². The maximum atomic E-state index is 2.49. The Morgan fingerprint density at radius 2 is 1.25 bits per heavy atom. The molecule has 0 amide bonds. The fourth-order valence-corrected chi connectivity index (χ4v) is 3.55. The summed E-state index contributed by atoms with van der Waals surface area (Å²) in [5.74, 6) is 2.04. The molecule has 0 saturated heterocycles. The lowest BCUT2D eigenvalue weighted by Crippen LogP contribution is -2.33. The zero-order valence-corrected chi connectivity index (χ0v) is 8.98. The van der Waals surface area contributed by atoms with E-state index in [0.717, 1.165) is 11.8 Å². The smallest absolute Gasteiger partial charge is 0.0272 e. The van der Waals surface area contributed by atoms with E-state index in [4.69, 9.17) is 0 Å². The Balaban J connectivity index is 2.35. The van der Waals surface area contributed by atoms with Crippen molar-refractivity contribution < 1.29 is 0 Å². The average molecular weight is 166 g/mol. The van der Waals surface area contributed by atoms with Gasteiger partial charge in [0.25, 0.3) is 0 Å². The van der Waals surface area contributed by atoms with Gasteiger partial charge in [-0.1, -0.05) is 34.1 Å². The van der Waals surface area contributed by atoms with Crippen LogP contribution in [0.15, 0.2) is 0 Å². The molecule has 2 fully saturated rings. The molecule has 2 aliphatic rings. The van der Waals surface area contributed by atoms with Crippen LogP contribution in [0.5, 0.6) is 0 Å². The largest absolute Gasteiger partial charge is 0.0591 e. The van der Waals surface area contributed by atoms with Crippen LogP contribution in [-0.2, 0) is 0 Å². The highest BCUT2D eigenvalue weighted by atomic mass is 14.6. The Morgan fingerprint density at radius 1 is 0.833 bits per heavy atom. The third kappa shape index (κ3) is 0.843. The van der Waals surface area contributed by atoms with Crippen molar-refractivity contribution in [2.24, 2.45) is 22.7 Å². The monoisotopic (exact) mass is 166 g/mol.